The van der Waals surface area contributed by atoms with Crippen molar-refractivity contribution in [3.8, 4) is 0 Å². The van der Waals surface area contributed by atoms with Gasteiger partial charge in [0, 0.05) is 18.6 Å². The van der Waals surface area contributed by atoms with Crippen molar-refractivity contribution in [2.45, 2.75) is 74.6 Å². The van der Waals surface area contributed by atoms with E-state index in [-0.39, 0.29) is 17.6 Å². The Hall–Kier alpha value is -2.94. The third kappa shape index (κ3) is 6.37. The molecule has 6 atom stereocenters. The van der Waals surface area contributed by atoms with Crippen LogP contribution in [0.5, 0.6) is 0 Å². The number of nitrogens with one attached hydrogen (secondary N) is 2. The number of nitrogens with two attached hydrogens (primary N) is 1. The van der Waals surface area contributed by atoms with Crippen LogP contribution < -0.4 is 16.4 Å². The molecule has 6 unspecified atom stereocenters. The summed E-state index contributed by atoms with van der Waals surface area (Å²) in [5.41, 5.74) is 3.54. The molecule has 0 aromatic rings. The molecule has 0 spiro atoms. The summed E-state index contributed by atoms with van der Waals surface area (Å²) in [5.74, 6) is -5.32. The molecule has 0 fully saturated rings. The Morgan fingerprint density at radius 1 is 1.29 bits per heavy atom. The van der Waals surface area contributed by atoms with Gasteiger partial charge in [-0.2, -0.15) is 0 Å². The Bertz CT molecular complexity index is 1060. The molecule has 1 heterocycles. The first-order chi connectivity index (χ1) is 17.8. The Balaban J connectivity index is 1.81. The van der Waals surface area contributed by atoms with E-state index in [1.54, 1.807) is 0 Å². The van der Waals surface area contributed by atoms with Crippen molar-refractivity contribution in [1.82, 2.24) is 10.6 Å². The fourth-order valence-electron chi connectivity index (χ4n) is 5.02. The number of carbonyl (C=O) groups is 5. The molecule has 2 aliphatic carbocycles. The number of allylic oxidation sites excluding steroid dienone is 1. The number of thioether (sulfide) groups is 1. The highest BCUT2D eigenvalue weighted by Gasteiger charge is 2.52. The minimum Gasteiger partial charge on any atom is -0.478 e. The summed E-state index contributed by atoms with van der Waals surface area (Å²) < 4.78 is 5.12. The number of hydrogen-bond acceptors (Lipinski definition) is 10. The van der Waals surface area contributed by atoms with Crippen LogP contribution in [-0.4, -0.2) is 78.6 Å². The van der Waals surface area contributed by atoms with Crippen LogP contribution in [-0.2, 0) is 28.7 Å². The van der Waals surface area contributed by atoms with Crippen molar-refractivity contribution in [2.24, 2.45) is 17.6 Å². The molecular weight excluding hydrogens is 522 g/mol. The first-order valence-corrected chi connectivity index (χ1v) is 13.3. The van der Waals surface area contributed by atoms with Gasteiger partial charge in [0.1, 0.15) is 17.7 Å². The van der Waals surface area contributed by atoms with E-state index in [4.69, 9.17) is 20.7 Å². The normalized spacial score (nSPS) is 27.0. The molecule has 3 rings (SSSR count). The van der Waals surface area contributed by atoms with Crippen LogP contribution in [0.3, 0.4) is 0 Å². The quantitative estimate of drug-likeness (QED) is 0.0873. The number of rotatable bonds is 13. The molecule has 3 aliphatic rings. The van der Waals surface area contributed by atoms with Crippen LogP contribution in [0.1, 0.15) is 51.9 Å². The fourth-order valence-corrected chi connectivity index (χ4v) is 6.64. The molecule has 0 saturated heterocycles. The zero-order valence-corrected chi connectivity index (χ0v) is 21.7. The molecule has 1 aliphatic heterocycles. The van der Waals surface area contributed by atoms with Crippen molar-refractivity contribution in [1.29, 1.82) is 0 Å². The number of esters is 1. The van der Waals surface area contributed by atoms with E-state index >= 15 is 0 Å². The number of amides is 2. The zero-order chi connectivity index (χ0) is 28.3. The van der Waals surface area contributed by atoms with E-state index in [1.165, 1.54) is 11.8 Å². The minimum atomic E-state index is -2.65. The molecule has 14 heteroatoms. The van der Waals surface area contributed by atoms with Gasteiger partial charge in [-0.3, -0.25) is 20.1 Å². The second kappa shape index (κ2) is 11.8. The maximum atomic E-state index is 12.8. The smallest absolute Gasteiger partial charge is 0.353 e. The highest BCUT2D eigenvalue weighted by Crippen LogP contribution is 2.55. The molecule has 13 nitrogen and oxygen atoms in total. The van der Waals surface area contributed by atoms with E-state index in [0.717, 1.165) is 24.8 Å². The number of aliphatic carboxylic acids is 2. The second-order valence-corrected chi connectivity index (χ2v) is 11.1. The lowest BCUT2D eigenvalue weighted by Gasteiger charge is -2.41. The predicted octanol–water partition coefficient (Wildman–Crippen LogP) is -0.428. The number of hydrogen-bond donors (Lipinski definition) is 7. The lowest BCUT2D eigenvalue weighted by atomic mass is 9.71. The summed E-state index contributed by atoms with van der Waals surface area (Å²) in [7, 11) is 0. The average molecular weight is 556 g/mol. The summed E-state index contributed by atoms with van der Waals surface area (Å²) in [6.07, 6.45) is 4.03. The molecule has 8 N–H and O–H groups in total. The van der Waals surface area contributed by atoms with E-state index in [9.17, 15) is 34.2 Å². The van der Waals surface area contributed by atoms with Gasteiger partial charge >= 0.3 is 17.9 Å². The first kappa shape index (κ1) is 29.6. The van der Waals surface area contributed by atoms with Crippen molar-refractivity contribution >= 4 is 41.5 Å². The topological polar surface area (TPSA) is 226 Å². The number of carboxylic acids is 2. The third-order valence-electron chi connectivity index (χ3n) is 7.00. The van der Waals surface area contributed by atoms with Crippen molar-refractivity contribution in [3.63, 3.8) is 0 Å². The van der Waals surface area contributed by atoms with E-state index in [1.807, 2.05) is 24.4 Å². The van der Waals surface area contributed by atoms with Crippen LogP contribution in [0.25, 0.3) is 0 Å². The van der Waals surface area contributed by atoms with Crippen LogP contribution in [0.2, 0.25) is 0 Å². The van der Waals surface area contributed by atoms with Crippen molar-refractivity contribution in [3.05, 3.63) is 23.5 Å². The summed E-state index contributed by atoms with van der Waals surface area (Å²) in [6, 6.07) is -1.34. The van der Waals surface area contributed by atoms with Gasteiger partial charge in [-0.15, -0.1) is 11.8 Å². The van der Waals surface area contributed by atoms with Gasteiger partial charge in [-0.05, 0) is 37.2 Å². The molecule has 0 aromatic heterocycles. The van der Waals surface area contributed by atoms with Crippen LogP contribution in [0.15, 0.2) is 23.5 Å². The number of carboxylic acid groups (broad SMARTS) is 2. The first-order valence-electron chi connectivity index (χ1n) is 12.3. The average Bonchev–Trinajstić information content (AvgIpc) is 3.21. The van der Waals surface area contributed by atoms with Crippen LogP contribution in [0.4, 0.5) is 0 Å². The van der Waals surface area contributed by atoms with E-state index in [0.29, 0.717) is 18.6 Å². The fraction of sp³-hybridized carbons (Fsp3) is 0.625. The predicted molar refractivity (Wildman–Crippen MR) is 133 cm³/mol. The van der Waals surface area contributed by atoms with Crippen LogP contribution >= 0.6 is 11.8 Å². The summed E-state index contributed by atoms with van der Waals surface area (Å²) in [4.78, 5) is 60.0. The van der Waals surface area contributed by atoms with Gasteiger partial charge in [0.05, 0.1) is 4.75 Å². The van der Waals surface area contributed by atoms with Crippen LogP contribution in [0, 0.1) is 11.8 Å². The Morgan fingerprint density at radius 3 is 2.63 bits per heavy atom. The minimum absolute atomic E-state index is 0.0742. The number of carbonyl (C=O) groups excluding carboxylic acids is 3. The molecular formula is C24H33N3O10S. The largest absolute Gasteiger partial charge is 0.478 e. The van der Waals surface area contributed by atoms with E-state index in [2.05, 4.69) is 5.32 Å². The van der Waals surface area contributed by atoms with Gasteiger partial charge in [-0.1, -0.05) is 25.5 Å². The van der Waals surface area contributed by atoms with E-state index < -0.39 is 65.3 Å². The van der Waals surface area contributed by atoms with Crippen molar-refractivity contribution in [2.75, 3.05) is 5.75 Å². The lowest BCUT2D eigenvalue weighted by molar-refractivity contribution is -0.159. The SMILES string of the molecule is CCCC1(SCC(NC(=O)CCC(N)(O)C(=O)O)C(=O)NC(O)C(=O)O)CCC2CC=CC3C(=O)OC1=C23. The summed E-state index contributed by atoms with van der Waals surface area (Å²) in [5, 5.41) is 41.5. The van der Waals surface area contributed by atoms with Gasteiger partial charge in [-0.25, -0.2) is 9.59 Å². The van der Waals surface area contributed by atoms with Gasteiger partial charge in [0.15, 0.2) is 0 Å². The number of aliphatic hydroxyl groups excluding tert-OH is 1. The molecule has 210 valence electrons. The number of ether oxygens (including phenoxy) is 1. The van der Waals surface area contributed by atoms with Crippen molar-refractivity contribution < 1.29 is 49.1 Å². The Labute approximate surface area is 222 Å². The van der Waals surface area contributed by atoms with Gasteiger partial charge in [0.2, 0.25) is 23.8 Å². The molecule has 0 aromatic carbocycles. The molecule has 0 radical (unpaired) electrons. The highest BCUT2D eigenvalue weighted by atomic mass is 32.2. The van der Waals surface area contributed by atoms with Gasteiger partial charge in [0.25, 0.3) is 0 Å². The summed E-state index contributed by atoms with van der Waals surface area (Å²) in [6.45, 7) is 1.97. The van der Waals surface area contributed by atoms with Gasteiger partial charge < -0.3 is 35.8 Å². The second-order valence-electron chi connectivity index (χ2n) is 9.74. The standard InChI is InChI=1S/C24H33N3O10S/c1-2-8-23(9-6-12-4-3-5-13-16(12)17(23)37-21(13)33)38-11-14(18(29)27-19(30)20(31)32)26-15(28)7-10-24(25,36)22(34)35/h3,5,12-14,19,30,36H,2,4,6-11,25H2,1H3,(H,26,28)(H,27,29)(H,31,32)(H,34,35). The molecule has 38 heavy (non-hydrogen) atoms. The maximum Gasteiger partial charge on any atom is 0.353 e. The zero-order valence-electron chi connectivity index (χ0n) is 20.8. The maximum absolute atomic E-state index is 12.8. The third-order valence-corrected chi connectivity index (χ3v) is 8.65. The highest BCUT2D eigenvalue weighted by molar-refractivity contribution is 8.00. The number of aliphatic hydroxyl groups is 2. The molecule has 2 amide bonds. The Morgan fingerprint density at radius 2 is 2.00 bits per heavy atom. The monoisotopic (exact) mass is 555 g/mol. The molecule has 0 saturated carbocycles. The molecule has 0 bridgehead atoms. The summed E-state index contributed by atoms with van der Waals surface area (Å²) >= 11 is 1.30. The Kier molecular flexibility index (Phi) is 9.23. The lowest BCUT2D eigenvalue weighted by Crippen LogP contribution is -2.54.